The largest absolute Gasteiger partial charge is 0.573 e. The van der Waals surface area contributed by atoms with E-state index in [1.807, 2.05) is 0 Å². The fourth-order valence-electron chi connectivity index (χ4n) is 3.83. The zero-order valence-corrected chi connectivity index (χ0v) is 22.3. The van der Waals surface area contributed by atoms with Crippen LogP contribution in [0.2, 0.25) is 5.02 Å². The number of amidine groups is 1. The predicted molar refractivity (Wildman–Crippen MR) is 137 cm³/mol. The minimum atomic E-state index is -4.88. The first-order valence-electron chi connectivity index (χ1n) is 11.3. The topological polar surface area (TPSA) is 88.5 Å². The van der Waals surface area contributed by atoms with Gasteiger partial charge in [-0.3, -0.25) is 13.9 Å². The van der Waals surface area contributed by atoms with Crippen LogP contribution in [0.25, 0.3) is 0 Å². The molecule has 202 valence electrons. The van der Waals surface area contributed by atoms with Crippen LogP contribution in [0.4, 0.5) is 24.7 Å². The lowest BCUT2D eigenvalue weighted by Gasteiger charge is -2.16. The molecule has 1 N–H and O–H groups in total. The third-order valence-electron chi connectivity index (χ3n) is 5.51. The molecule has 9 nitrogen and oxygen atoms in total. The van der Waals surface area contributed by atoms with Gasteiger partial charge in [-0.15, -0.1) is 18.2 Å². The molecule has 38 heavy (non-hydrogen) atoms. The van der Waals surface area contributed by atoms with Crippen molar-refractivity contribution in [3.63, 3.8) is 0 Å². The summed E-state index contributed by atoms with van der Waals surface area (Å²) in [4.78, 5) is 31.3. The molecular formula is C24H22BrClF3N4O5+. The van der Waals surface area contributed by atoms with E-state index in [1.165, 1.54) is 23.7 Å². The van der Waals surface area contributed by atoms with E-state index in [1.54, 1.807) is 24.3 Å². The number of rotatable bonds is 9. The third-order valence-corrected chi connectivity index (χ3v) is 6.09. The molecule has 2 heterocycles. The maximum Gasteiger partial charge on any atom is 0.573 e. The summed E-state index contributed by atoms with van der Waals surface area (Å²) in [5, 5.41) is 1.12. The van der Waals surface area contributed by atoms with E-state index >= 15 is 0 Å². The summed E-state index contributed by atoms with van der Waals surface area (Å²) in [6.07, 6.45) is -4.88. The number of aromatic nitrogens is 2. The van der Waals surface area contributed by atoms with Gasteiger partial charge in [-0.1, -0.05) is 45.7 Å². The lowest BCUT2D eigenvalue weighted by molar-refractivity contribution is -0.754. The number of nitrogens with one attached hydrogen (secondary N) is 1. The summed E-state index contributed by atoms with van der Waals surface area (Å²) in [5.74, 6) is -0.400. The summed E-state index contributed by atoms with van der Waals surface area (Å²) in [6, 6.07) is 11.8. The summed E-state index contributed by atoms with van der Waals surface area (Å²) < 4.78 is 55.7. The van der Waals surface area contributed by atoms with Crippen LogP contribution in [0.1, 0.15) is 5.56 Å². The van der Waals surface area contributed by atoms with Crippen molar-refractivity contribution in [2.75, 3.05) is 18.5 Å². The van der Waals surface area contributed by atoms with Crippen molar-refractivity contribution in [2.45, 2.75) is 19.5 Å². The van der Waals surface area contributed by atoms with Crippen LogP contribution in [0, 0.1) is 0 Å². The van der Waals surface area contributed by atoms with E-state index in [9.17, 15) is 22.8 Å². The Hall–Kier alpha value is -3.13. The van der Waals surface area contributed by atoms with Crippen molar-refractivity contribution in [1.29, 1.82) is 0 Å². The number of halogens is 5. The maximum absolute atomic E-state index is 13.5. The van der Waals surface area contributed by atoms with Gasteiger partial charge >= 0.3 is 23.6 Å². The molecule has 2 aromatic carbocycles. The number of hydrogen-bond donors (Lipinski definition) is 1. The van der Waals surface area contributed by atoms with Gasteiger partial charge in [0, 0.05) is 29.0 Å². The van der Waals surface area contributed by atoms with Crippen molar-refractivity contribution in [1.82, 2.24) is 9.13 Å². The van der Waals surface area contributed by atoms with Crippen LogP contribution in [0.15, 0.2) is 63.1 Å². The first-order chi connectivity index (χ1) is 18.1. The molecule has 0 amide bonds. The molecule has 1 unspecified atom stereocenters. The Morgan fingerprint density at radius 3 is 2.47 bits per heavy atom. The first kappa shape index (κ1) is 27.9. The van der Waals surface area contributed by atoms with Crippen LogP contribution in [-0.2, 0) is 24.9 Å². The van der Waals surface area contributed by atoms with Gasteiger partial charge in [0.25, 0.3) is 0 Å². The third kappa shape index (κ3) is 6.46. The van der Waals surface area contributed by atoms with E-state index in [0.29, 0.717) is 21.9 Å². The van der Waals surface area contributed by atoms with E-state index in [2.05, 4.69) is 25.7 Å². The smallest absolute Gasteiger partial charge is 0.406 e. The highest BCUT2D eigenvalue weighted by molar-refractivity contribution is 9.09. The van der Waals surface area contributed by atoms with Crippen molar-refractivity contribution >= 4 is 45.1 Å². The van der Waals surface area contributed by atoms with Gasteiger partial charge in [0.1, 0.15) is 18.0 Å². The molecule has 0 aliphatic carbocycles. The normalized spacial score (nSPS) is 14.8. The van der Waals surface area contributed by atoms with Crippen LogP contribution in [0.5, 0.6) is 11.5 Å². The Morgan fingerprint density at radius 2 is 1.79 bits per heavy atom. The number of ether oxygens (including phenoxy) is 3. The second-order valence-corrected chi connectivity index (χ2v) is 9.35. The van der Waals surface area contributed by atoms with Gasteiger partial charge in [0.2, 0.25) is 11.5 Å². The van der Waals surface area contributed by atoms with Gasteiger partial charge in [0.05, 0.1) is 19.8 Å². The highest BCUT2D eigenvalue weighted by atomic mass is 79.9. The molecule has 3 aromatic rings. The standard InChI is InChI=1S/C24H21BrClF3N4O5/c1-31-20-19(21(34)32(23(31)35)10-12-36-11-9-25)33(14-15-5-7-16(26)8-6-15)22(30-20)37-17-3-2-4-18(13-17)38-24(27,28)29/h2-8,13H,9-12,14H2,1H3/p+1. The average Bonchev–Trinajstić information content (AvgIpc) is 3.20. The van der Waals surface area contributed by atoms with Gasteiger partial charge in [-0.25, -0.2) is 9.69 Å². The fraction of sp³-hybridized carbons (Fsp3) is 0.292. The molecule has 1 aliphatic rings. The molecule has 0 radical (unpaired) electrons. The molecule has 1 aromatic heterocycles. The van der Waals surface area contributed by atoms with Crippen molar-refractivity contribution in [3.8, 4) is 11.5 Å². The van der Waals surface area contributed by atoms with Crippen LogP contribution < -0.4 is 25.6 Å². The number of benzene rings is 2. The van der Waals surface area contributed by atoms with Crippen molar-refractivity contribution in [3.05, 3.63) is 80.0 Å². The van der Waals surface area contributed by atoms with Gasteiger partial charge in [-0.05, 0) is 24.3 Å². The molecule has 1 aliphatic heterocycles. The van der Waals surface area contributed by atoms with Gasteiger partial charge < -0.3 is 14.2 Å². The molecule has 4 rings (SSSR count). The lowest BCUT2D eigenvalue weighted by Crippen LogP contribution is -3.09. The monoisotopic (exact) mass is 617 g/mol. The minimum absolute atomic E-state index is 0.000380. The highest BCUT2D eigenvalue weighted by Gasteiger charge is 2.39. The Labute approximate surface area is 227 Å². The van der Waals surface area contributed by atoms with E-state index in [4.69, 9.17) is 21.1 Å². The highest BCUT2D eigenvalue weighted by Crippen LogP contribution is 2.27. The van der Waals surface area contributed by atoms with Gasteiger partial charge in [-0.2, -0.15) is 0 Å². The summed E-state index contributed by atoms with van der Waals surface area (Å²) in [5.41, 5.74) is -0.248. The molecular weight excluding hydrogens is 597 g/mol. The minimum Gasteiger partial charge on any atom is -0.406 e. The van der Waals surface area contributed by atoms with Crippen LogP contribution in [0.3, 0.4) is 0 Å². The fourth-order valence-corrected chi connectivity index (χ4v) is 4.19. The second-order valence-electron chi connectivity index (χ2n) is 8.12. The first-order valence-corrected chi connectivity index (χ1v) is 12.8. The zero-order valence-electron chi connectivity index (χ0n) is 19.9. The molecule has 1 atom stereocenters. The zero-order chi connectivity index (χ0) is 27.4. The maximum atomic E-state index is 13.5. The number of quaternary nitrogens is 1. The van der Waals surface area contributed by atoms with Crippen molar-refractivity contribution < 1.29 is 32.3 Å². The summed E-state index contributed by atoms with van der Waals surface area (Å²) in [6.45, 7) is 0.747. The number of alkyl halides is 4. The van der Waals surface area contributed by atoms with E-state index in [-0.39, 0.29) is 43.0 Å². The average molecular weight is 619 g/mol. The van der Waals surface area contributed by atoms with E-state index in [0.717, 1.165) is 22.3 Å². The number of nitrogens with zero attached hydrogens (tertiary/aromatic N) is 3. The van der Waals surface area contributed by atoms with Crippen LogP contribution in [-0.4, -0.2) is 40.1 Å². The van der Waals surface area contributed by atoms with E-state index < -0.39 is 23.4 Å². The molecule has 0 saturated heterocycles. The molecule has 0 fully saturated rings. The molecule has 0 spiro atoms. The molecule has 0 saturated carbocycles. The Kier molecular flexibility index (Phi) is 8.61. The number of aliphatic imine (C=N–C) groups is 1. The summed E-state index contributed by atoms with van der Waals surface area (Å²) in [7, 11) is 1.47. The lowest BCUT2D eigenvalue weighted by atomic mass is 10.2. The van der Waals surface area contributed by atoms with Gasteiger partial charge in [0.15, 0.2) is 0 Å². The van der Waals surface area contributed by atoms with Crippen LogP contribution >= 0.6 is 27.5 Å². The second kappa shape index (κ2) is 11.7. The predicted octanol–water partition coefficient (Wildman–Crippen LogP) is 3.31. The Balaban J connectivity index is 1.73. The molecule has 14 heteroatoms. The number of fused-ring (bicyclic) bond motifs is 1. The summed E-state index contributed by atoms with van der Waals surface area (Å²) >= 11 is 9.26. The van der Waals surface area contributed by atoms with Crippen molar-refractivity contribution in [2.24, 2.45) is 12.0 Å². The Morgan fingerprint density at radius 1 is 1.08 bits per heavy atom. The number of hydrogen-bond acceptors (Lipinski definition) is 6. The Bertz CT molecular complexity index is 1460. The SMILES string of the molecule is Cn1c2c(c(=O)n(CCOCCBr)c1=O)[NH+](Cc1ccc(Cl)cc1)C(Oc1cccc(OC(F)(F)F)c1)=N2. The quantitative estimate of drug-likeness (QED) is 0.294. The molecule has 0 bridgehead atoms.